The molecular formula is C12H19N3O2. The van der Waals surface area contributed by atoms with E-state index in [0.717, 1.165) is 31.7 Å². The third-order valence-electron chi connectivity index (χ3n) is 2.50. The lowest BCUT2D eigenvalue weighted by atomic mass is 10.3. The van der Waals surface area contributed by atoms with Gasteiger partial charge in [0.05, 0.1) is 19.5 Å². The first-order valence-corrected chi connectivity index (χ1v) is 5.88. The molecule has 0 radical (unpaired) electrons. The maximum absolute atomic E-state index is 11.3. The Hall–Kier alpha value is -1.65. The van der Waals surface area contributed by atoms with Gasteiger partial charge in [0.15, 0.2) is 5.69 Å². The van der Waals surface area contributed by atoms with E-state index >= 15 is 0 Å². The molecule has 1 heterocycles. The van der Waals surface area contributed by atoms with Gasteiger partial charge in [0, 0.05) is 13.1 Å². The monoisotopic (exact) mass is 237 g/mol. The smallest absolute Gasteiger partial charge is 0.358 e. The average molecular weight is 237 g/mol. The lowest BCUT2D eigenvalue weighted by molar-refractivity contribution is 0.0593. The standard InChI is InChI=1S/C12H19N3O2/c1-4-6-7-15(5-2)11-9-13-8-10(14-11)12(16)17-3/h8-9H,4-7H2,1-3H3. The van der Waals surface area contributed by atoms with Gasteiger partial charge in [-0.05, 0) is 13.3 Å². The van der Waals surface area contributed by atoms with Crippen molar-refractivity contribution in [3.05, 3.63) is 18.1 Å². The van der Waals surface area contributed by atoms with Crippen LogP contribution >= 0.6 is 0 Å². The molecule has 0 saturated heterocycles. The lowest BCUT2D eigenvalue weighted by Crippen LogP contribution is -2.25. The number of hydrogen-bond donors (Lipinski definition) is 0. The number of esters is 1. The van der Waals surface area contributed by atoms with E-state index in [4.69, 9.17) is 0 Å². The Morgan fingerprint density at radius 1 is 1.41 bits per heavy atom. The zero-order valence-corrected chi connectivity index (χ0v) is 10.6. The topological polar surface area (TPSA) is 55.3 Å². The Labute approximate surface area is 102 Å². The van der Waals surface area contributed by atoms with Gasteiger partial charge < -0.3 is 9.64 Å². The van der Waals surface area contributed by atoms with Crippen molar-refractivity contribution in [3.8, 4) is 0 Å². The molecule has 0 saturated carbocycles. The fraction of sp³-hybridized carbons (Fsp3) is 0.583. The van der Waals surface area contributed by atoms with Crippen molar-refractivity contribution >= 4 is 11.8 Å². The van der Waals surface area contributed by atoms with Gasteiger partial charge in [-0.15, -0.1) is 0 Å². The van der Waals surface area contributed by atoms with Gasteiger partial charge in [0.25, 0.3) is 0 Å². The van der Waals surface area contributed by atoms with Crippen LogP contribution in [-0.4, -0.2) is 36.1 Å². The average Bonchev–Trinajstić information content (AvgIpc) is 2.39. The van der Waals surface area contributed by atoms with Crippen LogP contribution in [0.1, 0.15) is 37.2 Å². The van der Waals surface area contributed by atoms with Crippen molar-refractivity contribution in [3.63, 3.8) is 0 Å². The van der Waals surface area contributed by atoms with Crippen LogP contribution in [0.4, 0.5) is 5.82 Å². The SMILES string of the molecule is CCCCN(CC)c1cncc(C(=O)OC)n1. The molecule has 0 fully saturated rings. The number of carbonyl (C=O) groups is 1. The first-order chi connectivity index (χ1) is 8.22. The number of carbonyl (C=O) groups excluding carboxylic acids is 1. The molecule has 0 N–H and O–H groups in total. The van der Waals surface area contributed by atoms with Crippen molar-refractivity contribution < 1.29 is 9.53 Å². The van der Waals surface area contributed by atoms with E-state index in [-0.39, 0.29) is 5.69 Å². The molecule has 0 bridgehead atoms. The summed E-state index contributed by atoms with van der Waals surface area (Å²) in [5, 5.41) is 0. The first kappa shape index (κ1) is 13.4. The van der Waals surface area contributed by atoms with E-state index in [2.05, 4.69) is 33.5 Å². The van der Waals surface area contributed by atoms with E-state index in [1.807, 2.05) is 0 Å². The van der Waals surface area contributed by atoms with Crippen molar-refractivity contribution in [2.75, 3.05) is 25.1 Å². The molecule has 1 rings (SSSR count). The summed E-state index contributed by atoms with van der Waals surface area (Å²) in [6.07, 6.45) is 5.31. The summed E-state index contributed by atoms with van der Waals surface area (Å²) in [5.74, 6) is 0.273. The summed E-state index contributed by atoms with van der Waals surface area (Å²) >= 11 is 0. The Kier molecular flexibility index (Phi) is 5.39. The quantitative estimate of drug-likeness (QED) is 0.707. The van der Waals surface area contributed by atoms with E-state index in [1.165, 1.54) is 13.3 Å². The van der Waals surface area contributed by atoms with Crippen LogP contribution in [0.15, 0.2) is 12.4 Å². The number of methoxy groups -OCH3 is 1. The number of nitrogens with zero attached hydrogens (tertiary/aromatic N) is 3. The zero-order valence-electron chi connectivity index (χ0n) is 10.6. The molecular weight excluding hydrogens is 218 g/mol. The Morgan fingerprint density at radius 2 is 2.18 bits per heavy atom. The van der Waals surface area contributed by atoms with Crippen molar-refractivity contribution in [1.82, 2.24) is 9.97 Å². The summed E-state index contributed by atoms with van der Waals surface area (Å²) in [5.41, 5.74) is 0.250. The van der Waals surface area contributed by atoms with Crippen LogP contribution < -0.4 is 4.90 Å². The predicted octanol–water partition coefficient (Wildman–Crippen LogP) is 1.89. The fourth-order valence-corrected chi connectivity index (χ4v) is 1.49. The molecule has 0 aliphatic carbocycles. The molecule has 0 amide bonds. The van der Waals surface area contributed by atoms with E-state index in [9.17, 15) is 4.79 Å². The van der Waals surface area contributed by atoms with Gasteiger partial charge in [-0.3, -0.25) is 4.98 Å². The number of aromatic nitrogens is 2. The number of ether oxygens (including phenoxy) is 1. The highest BCUT2D eigenvalue weighted by Gasteiger charge is 2.11. The molecule has 5 nitrogen and oxygen atoms in total. The Balaban J connectivity index is 2.84. The molecule has 0 unspecified atom stereocenters. The second-order valence-corrected chi connectivity index (χ2v) is 3.69. The Morgan fingerprint density at radius 3 is 2.76 bits per heavy atom. The van der Waals surface area contributed by atoms with Gasteiger partial charge in [0.1, 0.15) is 5.82 Å². The first-order valence-electron chi connectivity index (χ1n) is 5.88. The van der Waals surface area contributed by atoms with Crippen molar-refractivity contribution in [1.29, 1.82) is 0 Å². The van der Waals surface area contributed by atoms with Gasteiger partial charge in [-0.2, -0.15) is 0 Å². The van der Waals surface area contributed by atoms with Gasteiger partial charge >= 0.3 is 5.97 Å². The summed E-state index contributed by atoms with van der Waals surface area (Å²) < 4.78 is 4.63. The third kappa shape index (κ3) is 3.69. The molecule has 0 spiro atoms. The van der Waals surface area contributed by atoms with Crippen LogP contribution in [0.25, 0.3) is 0 Å². The van der Waals surface area contributed by atoms with Gasteiger partial charge in [-0.1, -0.05) is 13.3 Å². The van der Waals surface area contributed by atoms with Crippen molar-refractivity contribution in [2.45, 2.75) is 26.7 Å². The summed E-state index contributed by atoms with van der Waals surface area (Å²) in [4.78, 5) is 21.7. The minimum Gasteiger partial charge on any atom is -0.464 e. The van der Waals surface area contributed by atoms with E-state index in [1.54, 1.807) is 6.20 Å². The molecule has 94 valence electrons. The van der Waals surface area contributed by atoms with Crippen LogP contribution in [0.3, 0.4) is 0 Å². The number of hydrogen-bond acceptors (Lipinski definition) is 5. The minimum atomic E-state index is -0.453. The highest BCUT2D eigenvalue weighted by Crippen LogP contribution is 2.11. The zero-order chi connectivity index (χ0) is 12.7. The second kappa shape index (κ2) is 6.83. The highest BCUT2D eigenvalue weighted by atomic mass is 16.5. The normalized spacial score (nSPS) is 10.1. The van der Waals surface area contributed by atoms with Crippen LogP contribution in [-0.2, 0) is 4.74 Å². The maximum Gasteiger partial charge on any atom is 0.358 e. The Bertz CT molecular complexity index is 369. The summed E-state index contributed by atoms with van der Waals surface area (Å²) in [6, 6.07) is 0. The number of anilines is 1. The highest BCUT2D eigenvalue weighted by molar-refractivity contribution is 5.87. The fourth-order valence-electron chi connectivity index (χ4n) is 1.49. The third-order valence-corrected chi connectivity index (χ3v) is 2.50. The molecule has 1 aromatic rings. The molecule has 5 heteroatoms. The molecule has 0 aliphatic heterocycles. The van der Waals surface area contributed by atoms with E-state index < -0.39 is 5.97 Å². The van der Waals surface area contributed by atoms with Crippen LogP contribution in [0.5, 0.6) is 0 Å². The number of unbranched alkanes of at least 4 members (excludes halogenated alkanes) is 1. The predicted molar refractivity (Wildman–Crippen MR) is 66.2 cm³/mol. The van der Waals surface area contributed by atoms with Crippen LogP contribution in [0.2, 0.25) is 0 Å². The minimum absolute atomic E-state index is 0.250. The second-order valence-electron chi connectivity index (χ2n) is 3.69. The molecule has 0 atom stereocenters. The van der Waals surface area contributed by atoms with Crippen molar-refractivity contribution in [2.24, 2.45) is 0 Å². The molecule has 0 aromatic carbocycles. The molecule has 17 heavy (non-hydrogen) atoms. The van der Waals surface area contributed by atoms with Gasteiger partial charge in [-0.25, -0.2) is 9.78 Å². The summed E-state index contributed by atoms with van der Waals surface area (Å²) in [6.45, 7) is 5.97. The number of rotatable bonds is 6. The van der Waals surface area contributed by atoms with Gasteiger partial charge in [0.2, 0.25) is 0 Å². The maximum atomic E-state index is 11.3. The van der Waals surface area contributed by atoms with Crippen LogP contribution in [0, 0.1) is 0 Å². The van der Waals surface area contributed by atoms with E-state index in [0.29, 0.717) is 0 Å². The molecule has 0 aliphatic rings. The molecule has 1 aromatic heterocycles. The summed E-state index contributed by atoms with van der Waals surface area (Å²) in [7, 11) is 1.34. The largest absolute Gasteiger partial charge is 0.464 e. The lowest BCUT2D eigenvalue weighted by Gasteiger charge is -2.21.